The number of ether oxygens (including phenoxy) is 1. The van der Waals surface area contributed by atoms with Crippen LogP contribution in [0.1, 0.15) is 18.2 Å². The van der Waals surface area contributed by atoms with Crippen molar-refractivity contribution in [1.29, 1.82) is 0 Å². The minimum Gasteiger partial charge on any atom is -0.497 e. The Bertz CT molecular complexity index is 879. The Balaban J connectivity index is 1.78. The second kappa shape index (κ2) is 8.96. The fourth-order valence-corrected chi connectivity index (χ4v) is 5.99. The molecule has 8 heteroatoms. The molecule has 1 unspecified atom stereocenters. The summed E-state index contributed by atoms with van der Waals surface area (Å²) in [4.78, 5) is 18.0. The van der Waals surface area contributed by atoms with Gasteiger partial charge in [0.2, 0.25) is 5.91 Å². The van der Waals surface area contributed by atoms with Crippen molar-refractivity contribution < 1.29 is 17.9 Å². The predicted octanol–water partition coefficient (Wildman–Crippen LogP) is 2.80. The maximum absolute atomic E-state index is 13.1. The molecule has 0 radical (unpaired) electrons. The zero-order valence-electron chi connectivity index (χ0n) is 16.2. The van der Waals surface area contributed by atoms with Gasteiger partial charge in [0.05, 0.1) is 31.7 Å². The van der Waals surface area contributed by atoms with Crippen LogP contribution in [0, 0.1) is 0 Å². The van der Waals surface area contributed by atoms with E-state index in [1.165, 1.54) is 0 Å². The van der Waals surface area contributed by atoms with E-state index in [0.717, 1.165) is 16.3 Å². The number of sulfone groups is 1. The molecule has 3 rings (SSSR count). The smallest absolute Gasteiger partial charge is 0.242 e. The number of nitrogens with zero attached hydrogens (tertiary/aromatic N) is 2. The average Bonchev–Trinajstić information content (AvgIpc) is 3.31. The number of thiophene rings is 1. The molecule has 1 aliphatic rings. The maximum Gasteiger partial charge on any atom is 0.242 e. The first-order valence-corrected chi connectivity index (χ1v) is 12.0. The summed E-state index contributed by atoms with van der Waals surface area (Å²) in [5.41, 5.74) is 0.928. The Kier molecular flexibility index (Phi) is 6.61. The van der Waals surface area contributed by atoms with Crippen molar-refractivity contribution in [3.8, 4) is 5.75 Å². The first kappa shape index (κ1) is 20.7. The highest BCUT2D eigenvalue weighted by Gasteiger charge is 2.34. The predicted molar refractivity (Wildman–Crippen MR) is 113 cm³/mol. The number of rotatable bonds is 8. The van der Waals surface area contributed by atoms with Gasteiger partial charge in [0.1, 0.15) is 5.75 Å². The van der Waals surface area contributed by atoms with E-state index in [2.05, 4.69) is 0 Å². The van der Waals surface area contributed by atoms with Crippen molar-refractivity contribution in [2.45, 2.75) is 25.9 Å². The van der Waals surface area contributed by atoms with Crippen LogP contribution in [0.5, 0.6) is 5.75 Å². The molecule has 2 aromatic rings. The second-order valence-electron chi connectivity index (χ2n) is 6.87. The lowest BCUT2D eigenvalue weighted by Crippen LogP contribution is -2.46. The molecule has 1 saturated heterocycles. The summed E-state index contributed by atoms with van der Waals surface area (Å²) in [6, 6.07) is 11.5. The number of hydrogen-bond donors (Lipinski definition) is 0. The topological polar surface area (TPSA) is 66.9 Å². The van der Waals surface area contributed by atoms with E-state index >= 15 is 0 Å². The fourth-order valence-electron chi connectivity index (χ4n) is 3.54. The average molecular weight is 423 g/mol. The zero-order valence-corrected chi connectivity index (χ0v) is 17.8. The van der Waals surface area contributed by atoms with E-state index in [9.17, 15) is 13.2 Å². The van der Waals surface area contributed by atoms with Crippen LogP contribution in [0.3, 0.4) is 0 Å². The minimum absolute atomic E-state index is 0.0445. The summed E-state index contributed by atoms with van der Waals surface area (Å²) >= 11 is 1.65. The molecular weight excluding hydrogens is 396 g/mol. The Morgan fingerprint density at radius 3 is 2.54 bits per heavy atom. The largest absolute Gasteiger partial charge is 0.497 e. The third-order valence-corrected chi connectivity index (χ3v) is 7.61. The van der Waals surface area contributed by atoms with Gasteiger partial charge in [-0.1, -0.05) is 6.07 Å². The second-order valence-corrected chi connectivity index (χ2v) is 10.1. The van der Waals surface area contributed by atoms with Crippen molar-refractivity contribution in [3.63, 3.8) is 0 Å². The highest BCUT2D eigenvalue weighted by atomic mass is 32.2. The number of benzene rings is 1. The van der Waals surface area contributed by atoms with E-state index in [1.807, 2.05) is 53.6 Å². The van der Waals surface area contributed by atoms with Gasteiger partial charge in [-0.05, 0) is 49.1 Å². The Labute approximate surface area is 170 Å². The number of carbonyl (C=O) groups excluding carboxylic acids is 1. The number of likely N-dealkylation sites (N-methyl/N-ethyl adjacent to an activating group) is 1. The molecule has 1 aromatic carbocycles. The summed E-state index contributed by atoms with van der Waals surface area (Å²) in [5, 5.41) is 2.02. The van der Waals surface area contributed by atoms with Crippen LogP contribution in [0.2, 0.25) is 0 Å². The number of methoxy groups -OCH3 is 1. The molecule has 0 bridgehead atoms. The summed E-state index contributed by atoms with van der Waals surface area (Å²) < 4.78 is 28.9. The molecule has 0 N–H and O–H groups in total. The van der Waals surface area contributed by atoms with Gasteiger partial charge >= 0.3 is 0 Å². The van der Waals surface area contributed by atoms with E-state index in [0.29, 0.717) is 19.5 Å². The molecule has 1 fully saturated rings. The van der Waals surface area contributed by atoms with Gasteiger partial charge in [0.15, 0.2) is 9.84 Å². The first-order chi connectivity index (χ1) is 13.4. The highest BCUT2D eigenvalue weighted by molar-refractivity contribution is 7.91. The van der Waals surface area contributed by atoms with Gasteiger partial charge < -0.3 is 14.5 Å². The van der Waals surface area contributed by atoms with Crippen molar-refractivity contribution >= 4 is 32.8 Å². The Morgan fingerprint density at radius 2 is 2.00 bits per heavy atom. The van der Waals surface area contributed by atoms with Gasteiger partial charge in [-0.25, -0.2) is 8.42 Å². The van der Waals surface area contributed by atoms with E-state index in [4.69, 9.17) is 4.74 Å². The minimum atomic E-state index is -3.03. The molecule has 1 amide bonds. The van der Waals surface area contributed by atoms with Crippen molar-refractivity contribution in [2.24, 2.45) is 0 Å². The van der Waals surface area contributed by atoms with Crippen LogP contribution in [0.25, 0.3) is 0 Å². The lowest BCUT2D eigenvalue weighted by molar-refractivity contribution is -0.131. The molecule has 2 heterocycles. The lowest BCUT2D eigenvalue weighted by Gasteiger charge is -2.31. The molecule has 1 atom stereocenters. The van der Waals surface area contributed by atoms with Crippen molar-refractivity contribution in [2.75, 3.05) is 36.6 Å². The molecule has 0 aliphatic carbocycles. The van der Waals surface area contributed by atoms with Crippen LogP contribution < -0.4 is 9.64 Å². The molecule has 28 heavy (non-hydrogen) atoms. The fraction of sp³-hybridized carbons (Fsp3) is 0.450. The molecule has 6 nitrogen and oxygen atoms in total. The van der Waals surface area contributed by atoms with Crippen molar-refractivity contribution in [1.82, 2.24) is 4.90 Å². The van der Waals surface area contributed by atoms with Gasteiger partial charge in [-0.3, -0.25) is 4.79 Å². The number of carbonyl (C=O) groups is 1. The van der Waals surface area contributed by atoms with Crippen LogP contribution in [-0.4, -0.2) is 57.0 Å². The SMILES string of the molecule is CCN(C(=O)CN(Cc1cccs1)c1ccc(OC)cc1)C1CCS(=O)(=O)C1. The quantitative estimate of drug-likeness (QED) is 0.654. The summed E-state index contributed by atoms with van der Waals surface area (Å²) in [7, 11) is -1.41. The Morgan fingerprint density at radius 1 is 1.25 bits per heavy atom. The third kappa shape index (κ3) is 5.05. The van der Waals surface area contributed by atoms with Gasteiger partial charge in [0, 0.05) is 23.2 Å². The lowest BCUT2D eigenvalue weighted by atomic mass is 10.2. The number of hydrogen-bond acceptors (Lipinski definition) is 6. The van der Waals surface area contributed by atoms with Gasteiger partial charge in [0.25, 0.3) is 0 Å². The normalized spacial score (nSPS) is 18.0. The number of amides is 1. The number of anilines is 1. The summed E-state index contributed by atoms with van der Waals surface area (Å²) in [6.07, 6.45) is 0.523. The molecule has 152 valence electrons. The molecule has 1 aromatic heterocycles. The van der Waals surface area contributed by atoms with Crippen LogP contribution >= 0.6 is 11.3 Å². The molecular formula is C20H26N2O4S2. The van der Waals surface area contributed by atoms with Crippen LogP contribution in [0.15, 0.2) is 41.8 Å². The monoisotopic (exact) mass is 422 g/mol. The van der Waals surface area contributed by atoms with Gasteiger partial charge in [-0.2, -0.15) is 0 Å². The zero-order chi connectivity index (χ0) is 20.1. The van der Waals surface area contributed by atoms with Gasteiger partial charge in [-0.15, -0.1) is 11.3 Å². The highest BCUT2D eigenvalue weighted by Crippen LogP contribution is 2.24. The molecule has 0 saturated carbocycles. The van der Waals surface area contributed by atoms with E-state index in [1.54, 1.807) is 23.3 Å². The summed E-state index contributed by atoms with van der Waals surface area (Å²) in [6.45, 7) is 3.24. The Hall–Kier alpha value is -2.06. The standard InChI is InChI=1S/C20H26N2O4S2/c1-3-22(17-10-12-28(24,25)15-17)20(23)14-21(13-19-5-4-11-27-19)16-6-8-18(26-2)9-7-16/h4-9,11,17H,3,10,12-15H2,1-2H3. The third-order valence-electron chi connectivity index (χ3n) is 5.00. The molecule has 0 spiro atoms. The van der Waals surface area contributed by atoms with E-state index in [-0.39, 0.29) is 30.0 Å². The molecule has 1 aliphatic heterocycles. The van der Waals surface area contributed by atoms with Crippen LogP contribution in [0.4, 0.5) is 5.69 Å². The van der Waals surface area contributed by atoms with E-state index < -0.39 is 9.84 Å². The van der Waals surface area contributed by atoms with Crippen LogP contribution in [-0.2, 0) is 21.2 Å². The van der Waals surface area contributed by atoms with Crippen molar-refractivity contribution in [3.05, 3.63) is 46.7 Å². The first-order valence-electron chi connectivity index (χ1n) is 9.33. The maximum atomic E-state index is 13.1. The summed E-state index contributed by atoms with van der Waals surface area (Å²) in [5.74, 6) is 0.952.